The zero-order chi connectivity index (χ0) is 12.3. The fraction of sp³-hybridized carbons (Fsp3) is 0.923. The molecule has 0 radical (unpaired) electrons. The second-order valence-corrected chi connectivity index (χ2v) is 5.45. The van der Waals surface area contributed by atoms with Crippen LogP contribution in [0, 0.1) is 5.92 Å². The van der Waals surface area contributed by atoms with E-state index in [1.165, 1.54) is 6.42 Å². The molecule has 0 aliphatic carbocycles. The van der Waals surface area contributed by atoms with Crippen LogP contribution in [0.5, 0.6) is 0 Å². The topological polar surface area (TPSA) is 32.8 Å². The molecule has 4 nitrogen and oxygen atoms in total. The normalized spacial score (nSPS) is 33.6. The lowest BCUT2D eigenvalue weighted by molar-refractivity contribution is -0.131. The summed E-state index contributed by atoms with van der Waals surface area (Å²) < 4.78 is 5.42. The Morgan fingerprint density at radius 2 is 2.24 bits per heavy atom. The lowest BCUT2D eigenvalue weighted by Gasteiger charge is -2.32. The number of ether oxygens (including phenoxy) is 1. The molecule has 2 heterocycles. The first kappa shape index (κ1) is 13.0. The maximum Gasteiger partial charge on any atom is 0.141 e. The molecule has 2 aliphatic rings. The van der Waals surface area contributed by atoms with Gasteiger partial charge in [0.15, 0.2) is 0 Å². The van der Waals surface area contributed by atoms with Crippen LogP contribution in [0.1, 0.15) is 19.8 Å². The van der Waals surface area contributed by atoms with Gasteiger partial charge in [-0.2, -0.15) is 0 Å². The van der Waals surface area contributed by atoms with Gasteiger partial charge in [0, 0.05) is 25.6 Å². The van der Waals surface area contributed by atoms with E-state index < -0.39 is 0 Å². The van der Waals surface area contributed by atoms with Crippen molar-refractivity contribution in [1.29, 1.82) is 0 Å². The predicted molar refractivity (Wildman–Crippen MR) is 67.1 cm³/mol. The Morgan fingerprint density at radius 3 is 3.00 bits per heavy atom. The third-order valence-electron chi connectivity index (χ3n) is 3.91. The minimum Gasteiger partial charge on any atom is -0.380 e. The second-order valence-electron chi connectivity index (χ2n) is 5.45. The highest BCUT2D eigenvalue weighted by Crippen LogP contribution is 2.15. The summed E-state index contributed by atoms with van der Waals surface area (Å²) in [6, 6.07) is 0.539. The SMILES string of the molecule is CC1CN(C)CCCN1CC1COCCC1=O. The standard InChI is InChI=1S/C13H24N2O2/c1-11-8-14(2)5-3-6-15(11)9-12-10-17-7-4-13(12)16/h11-12H,3-10H2,1-2H3. The van der Waals surface area contributed by atoms with Crippen molar-refractivity contribution in [3.63, 3.8) is 0 Å². The van der Waals surface area contributed by atoms with E-state index in [4.69, 9.17) is 4.74 Å². The van der Waals surface area contributed by atoms with E-state index in [1.807, 2.05) is 0 Å². The average molecular weight is 240 g/mol. The Kier molecular flexibility index (Phi) is 4.54. The summed E-state index contributed by atoms with van der Waals surface area (Å²) >= 11 is 0. The number of carbonyl (C=O) groups excluding carboxylic acids is 1. The van der Waals surface area contributed by atoms with Gasteiger partial charge in [0.2, 0.25) is 0 Å². The molecule has 2 fully saturated rings. The first-order valence-corrected chi connectivity index (χ1v) is 6.70. The number of rotatable bonds is 2. The molecule has 4 heteroatoms. The Hall–Kier alpha value is -0.450. The van der Waals surface area contributed by atoms with Crippen molar-refractivity contribution in [2.75, 3.05) is 46.4 Å². The van der Waals surface area contributed by atoms with Crippen molar-refractivity contribution in [2.45, 2.75) is 25.8 Å². The van der Waals surface area contributed by atoms with E-state index in [2.05, 4.69) is 23.8 Å². The zero-order valence-electron chi connectivity index (χ0n) is 11.0. The second kappa shape index (κ2) is 5.94. The van der Waals surface area contributed by atoms with E-state index in [9.17, 15) is 4.79 Å². The van der Waals surface area contributed by atoms with Gasteiger partial charge in [0.25, 0.3) is 0 Å². The van der Waals surface area contributed by atoms with Gasteiger partial charge in [0.1, 0.15) is 5.78 Å². The molecule has 2 aliphatic heterocycles. The molecule has 98 valence electrons. The zero-order valence-corrected chi connectivity index (χ0v) is 11.0. The number of hydrogen-bond donors (Lipinski definition) is 0. The Balaban J connectivity index is 1.90. The van der Waals surface area contributed by atoms with Gasteiger partial charge in [0.05, 0.1) is 19.1 Å². The Morgan fingerprint density at radius 1 is 1.41 bits per heavy atom. The highest BCUT2D eigenvalue weighted by molar-refractivity contribution is 5.82. The van der Waals surface area contributed by atoms with Crippen LogP contribution in [-0.4, -0.2) is 68.1 Å². The van der Waals surface area contributed by atoms with Crippen molar-refractivity contribution in [3.05, 3.63) is 0 Å². The van der Waals surface area contributed by atoms with Gasteiger partial charge in [-0.05, 0) is 33.5 Å². The van der Waals surface area contributed by atoms with Crippen molar-refractivity contribution >= 4 is 5.78 Å². The molecule has 0 spiro atoms. The van der Waals surface area contributed by atoms with Crippen molar-refractivity contribution in [3.8, 4) is 0 Å². The Labute approximate surface area is 104 Å². The van der Waals surface area contributed by atoms with Gasteiger partial charge < -0.3 is 9.64 Å². The van der Waals surface area contributed by atoms with E-state index in [0.717, 1.165) is 26.2 Å². The minimum absolute atomic E-state index is 0.106. The van der Waals surface area contributed by atoms with Crippen LogP contribution in [0.4, 0.5) is 0 Å². The number of Topliss-reactive ketones (excluding diaryl/α,β-unsaturated/α-hetero) is 1. The molecule has 0 bridgehead atoms. The highest BCUT2D eigenvalue weighted by Gasteiger charge is 2.28. The largest absolute Gasteiger partial charge is 0.380 e. The molecule has 0 amide bonds. The smallest absolute Gasteiger partial charge is 0.141 e. The average Bonchev–Trinajstić information content (AvgIpc) is 2.44. The fourth-order valence-corrected chi connectivity index (χ4v) is 2.83. The van der Waals surface area contributed by atoms with Crippen LogP contribution in [0.15, 0.2) is 0 Å². The van der Waals surface area contributed by atoms with Crippen LogP contribution >= 0.6 is 0 Å². The van der Waals surface area contributed by atoms with Gasteiger partial charge in [-0.1, -0.05) is 0 Å². The predicted octanol–water partition coefficient (Wildman–Crippen LogP) is 0.618. The molecule has 0 aromatic carbocycles. The molecule has 0 aromatic heterocycles. The quantitative estimate of drug-likeness (QED) is 0.708. The number of nitrogens with zero attached hydrogens (tertiary/aromatic N) is 2. The molecule has 2 atom stereocenters. The summed E-state index contributed by atoms with van der Waals surface area (Å²) in [5.41, 5.74) is 0. The number of likely N-dealkylation sites (N-methyl/N-ethyl adjacent to an activating group) is 1. The third kappa shape index (κ3) is 3.50. The van der Waals surface area contributed by atoms with Gasteiger partial charge in [-0.15, -0.1) is 0 Å². The van der Waals surface area contributed by atoms with E-state index in [-0.39, 0.29) is 5.92 Å². The number of ketones is 1. The van der Waals surface area contributed by atoms with E-state index in [1.54, 1.807) is 0 Å². The van der Waals surface area contributed by atoms with Crippen LogP contribution in [0.2, 0.25) is 0 Å². The van der Waals surface area contributed by atoms with Crippen LogP contribution in [0.3, 0.4) is 0 Å². The summed E-state index contributed by atoms with van der Waals surface area (Å²) in [5.74, 6) is 0.496. The molecule has 2 rings (SSSR count). The maximum atomic E-state index is 11.8. The lowest BCUT2D eigenvalue weighted by atomic mass is 9.99. The van der Waals surface area contributed by atoms with Crippen molar-refractivity contribution < 1.29 is 9.53 Å². The molecule has 0 aromatic rings. The monoisotopic (exact) mass is 240 g/mol. The summed E-state index contributed by atoms with van der Waals surface area (Å²) in [4.78, 5) is 16.6. The summed E-state index contributed by atoms with van der Waals surface area (Å²) in [6.07, 6.45) is 1.80. The third-order valence-corrected chi connectivity index (χ3v) is 3.91. The molecular formula is C13H24N2O2. The molecule has 0 saturated carbocycles. The molecular weight excluding hydrogens is 216 g/mol. The van der Waals surface area contributed by atoms with Crippen LogP contribution in [-0.2, 0) is 9.53 Å². The minimum atomic E-state index is 0.106. The first-order chi connectivity index (χ1) is 8.16. The van der Waals surface area contributed by atoms with Gasteiger partial charge >= 0.3 is 0 Å². The van der Waals surface area contributed by atoms with E-state index >= 15 is 0 Å². The number of carbonyl (C=O) groups is 1. The molecule has 0 N–H and O–H groups in total. The van der Waals surface area contributed by atoms with Crippen molar-refractivity contribution in [2.24, 2.45) is 5.92 Å². The number of hydrogen-bond acceptors (Lipinski definition) is 4. The van der Waals surface area contributed by atoms with Crippen LogP contribution in [0.25, 0.3) is 0 Å². The van der Waals surface area contributed by atoms with Gasteiger partial charge in [-0.3, -0.25) is 9.69 Å². The summed E-state index contributed by atoms with van der Waals surface area (Å²) in [6.45, 7) is 7.75. The summed E-state index contributed by atoms with van der Waals surface area (Å²) in [7, 11) is 2.18. The molecule has 2 unspecified atom stereocenters. The maximum absolute atomic E-state index is 11.8. The van der Waals surface area contributed by atoms with Crippen LogP contribution < -0.4 is 0 Å². The van der Waals surface area contributed by atoms with Gasteiger partial charge in [-0.25, -0.2) is 0 Å². The Bertz CT molecular complexity index is 270. The lowest BCUT2D eigenvalue weighted by Crippen LogP contribution is -2.44. The molecule has 2 saturated heterocycles. The van der Waals surface area contributed by atoms with Crippen molar-refractivity contribution in [1.82, 2.24) is 9.80 Å². The fourth-order valence-electron chi connectivity index (χ4n) is 2.83. The summed E-state index contributed by atoms with van der Waals surface area (Å²) in [5, 5.41) is 0. The molecule has 17 heavy (non-hydrogen) atoms. The highest BCUT2D eigenvalue weighted by atomic mass is 16.5. The first-order valence-electron chi connectivity index (χ1n) is 6.70. The van der Waals surface area contributed by atoms with E-state index in [0.29, 0.717) is 31.5 Å².